The Hall–Kier alpha value is -3.45. The average Bonchev–Trinajstić information content (AvgIpc) is 3.25. The maximum absolute atomic E-state index is 13.4. The predicted molar refractivity (Wildman–Crippen MR) is 130 cm³/mol. The number of aryl methyl sites for hydroxylation is 1. The van der Waals surface area contributed by atoms with E-state index in [0.717, 1.165) is 23.3 Å². The van der Waals surface area contributed by atoms with Crippen LogP contribution in [0.15, 0.2) is 65.0 Å². The molecule has 164 valence electrons. The lowest BCUT2D eigenvalue weighted by Crippen LogP contribution is -2.31. The molecule has 1 atom stereocenters. The van der Waals surface area contributed by atoms with Crippen LogP contribution in [0.25, 0.3) is 21.3 Å². The van der Waals surface area contributed by atoms with Gasteiger partial charge >= 0.3 is 0 Å². The number of nitrogens with one attached hydrogen (secondary N) is 1. The lowest BCUT2D eigenvalue weighted by Gasteiger charge is -2.15. The third-order valence-electron chi connectivity index (χ3n) is 5.42. The van der Waals surface area contributed by atoms with Gasteiger partial charge in [0.15, 0.2) is 0 Å². The second-order valence-corrected chi connectivity index (χ2v) is 8.32. The number of ether oxygens (including phenoxy) is 1. The molecule has 0 saturated carbocycles. The van der Waals surface area contributed by atoms with Crippen LogP contribution in [0.5, 0.6) is 5.75 Å². The van der Waals surface area contributed by atoms with E-state index in [1.165, 1.54) is 27.8 Å². The number of carbonyl (C=O) groups is 1. The normalized spacial score (nSPS) is 12.0. The monoisotopic (exact) mass is 447 g/mol. The Morgan fingerprint density at radius 3 is 2.50 bits per heavy atom. The maximum atomic E-state index is 13.4. The molecule has 0 saturated heterocycles. The first kappa shape index (κ1) is 21.8. The number of hydrogen-bond donors (Lipinski definition) is 1. The molecule has 0 radical (unpaired) electrons. The number of aromatic nitrogens is 2. The van der Waals surface area contributed by atoms with Crippen LogP contribution in [0.1, 0.15) is 32.4 Å². The highest BCUT2D eigenvalue weighted by Crippen LogP contribution is 2.31. The molecule has 2 aromatic heterocycles. The molecule has 2 heterocycles. The quantitative estimate of drug-likeness (QED) is 0.418. The highest BCUT2D eigenvalue weighted by molar-refractivity contribution is 7.17. The van der Waals surface area contributed by atoms with Crippen molar-refractivity contribution in [1.29, 1.82) is 0 Å². The van der Waals surface area contributed by atoms with Crippen molar-refractivity contribution < 1.29 is 9.53 Å². The molecule has 7 heteroatoms. The van der Waals surface area contributed by atoms with E-state index in [9.17, 15) is 9.59 Å². The van der Waals surface area contributed by atoms with E-state index in [1.54, 1.807) is 31.2 Å². The van der Waals surface area contributed by atoms with Gasteiger partial charge < -0.3 is 10.1 Å². The molecule has 4 rings (SSSR count). The van der Waals surface area contributed by atoms with Crippen LogP contribution < -0.4 is 15.6 Å². The highest BCUT2D eigenvalue weighted by Gasteiger charge is 2.20. The van der Waals surface area contributed by atoms with E-state index in [0.29, 0.717) is 22.5 Å². The summed E-state index contributed by atoms with van der Waals surface area (Å²) in [5.41, 5.74) is 3.47. The van der Waals surface area contributed by atoms with Crippen LogP contribution in [-0.4, -0.2) is 22.1 Å². The first-order chi connectivity index (χ1) is 15.5. The van der Waals surface area contributed by atoms with Crippen LogP contribution >= 0.6 is 11.3 Å². The molecule has 4 aromatic rings. The zero-order valence-electron chi connectivity index (χ0n) is 18.3. The van der Waals surface area contributed by atoms with Gasteiger partial charge in [-0.1, -0.05) is 31.2 Å². The molecule has 0 fully saturated rings. The third-order valence-corrected chi connectivity index (χ3v) is 6.31. The van der Waals surface area contributed by atoms with Gasteiger partial charge in [-0.15, -0.1) is 11.3 Å². The van der Waals surface area contributed by atoms with Crippen molar-refractivity contribution in [2.75, 3.05) is 11.9 Å². The minimum atomic E-state index is -0.721. The molecule has 0 aliphatic heterocycles. The SMILES string of the molecule is CCOc1ccc(NC(=O)C(C)n2cnc3scc(-c4ccc(CC)cc4)c3c2=O)cc1. The Morgan fingerprint density at radius 2 is 1.84 bits per heavy atom. The maximum Gasteiger partial charge on any atom is 0.263 e. The van der Waals surface area contributed by atoms with E-state index in [4.69, 9.17) is 4.74 Å². The van der Waals surface area contributed by atoms with Gasteiger partial charge in [-0.05, 0) is 55.7 Å². The number of hydrogen-bond acceptors (Lipinski definition) is 5. The predicted octanol–water partition coefficient (Wildman–Crippen LogP) is 5.29. The largest absolute Gasteiger partial charge is 0.494 e. The van der Waals surface area contributed by atoms with Gasteiger partial charge in [-0.2, -0.15) is 0 Å². The molecule has 6 nitrogen and oxygen atoms in total. The van der Waals surface area contributed by atoms with Gasteiger partial charge in [-0.3, -0.25) is 14.2 Å². The molecule has 0 aliphatic carbocycles. The van der Waals surface area contributed by atoms with Crippen molar-refractivity contribution in [2.45, 2.75) is 33.2 Å². The van der Waals surface area contributed by atoms with Crippen molar-refractivity contribution in [3.8, 4) is 16.9 Å². The number of amides is 1. The van der Waals surface area contributed by atoms with Crippen molar-refractivity contribution in [2.24, 2.45) is 0 Å². The van der Waals surface area contributed by atoms with E-state index < -0.39 is 6.04 Å². The summed E-state index contributed by atoms with van der Waals surface area (Å²) < 4.78 is 6.82. The summed E-state index contributed by atoms with van der Waals surface area (Å²) in [5.74, 6) is 0.447. The molecule has 32 heavy (non-hydrogen) atoms. The summed E-state index contributed by atoms with van der Waals surface area (Å²) in [5, 5.41) is 5.36. The molecule has 1 unspecified atom stereocenters. The van der Waals surface area contributed by atoms with Gasteiger partial charge in [-0.25, -0.2) is 4.98 Å². The average molecular weight is 448 g/mol. The fourth-order valence-electron chi connectivity index (χ4n) is 3.53. The van der Waals surface area contributed by atoms with Gasteiger partial charge in [0.2, 0.25) is 5.91 Å². The van der Waals surface area contributed by atoms with E-state index in [2.05, 4.69) is 29.4 Å². The minimum Gasteiger partial charge on any atom is -0.494 e. The van der Waals surface area contributed by atoms with E-state index >= 15 is 0 Å². The standard InChI is InChI=1S/C25H25N3O3S/c1-4-17-6-8-18(9-7-17)21-14-32-24-22(21)25(30)28(15-26-24)16(3)23(29)27-19-10-12-20(13-11-19)31-5-2/h6-16H,4-5H2,1-3H3,(H,27,29). The van der Waals surface area contributed by atoms with Crippen LogP contribution in [0.4, 0.5) is 5.69 Å². The lowest BCUT2D eigenvalue weighted by atomic mass is 10.0. The van der Waals surface area contributed by atoms with Gasteiger partial charge in [0.1, 0.15) is 16.6 Å². The van der Waals surface area contributed by atoms with Crippen molar-refractivity contribution >= 4 is 33.1 Å². The first-order valence-electron chi connectivity index (χ1n) is 10.6. The van der Waals surface area contributed by atoms with Gasteiger partial charge in [0.25, 0.3) is 5.56 Å². The van der Waals surface area contributed by atoms with Crippen molar-refractivity contribution in [1.82, 2.24) is 9.55 Å². The Balaban J connectivity index is 1.62. The fourth-order valence-corrected chi connectivity index (χ4v) is 4.43. The van der Waals surface area contributed by atoms with Crippen LogP contribution in [0.3, 0.4) is 0 Å². The number of anilines is 1. The number of nitrogens with zero attached hydrogens (tertiary/aromatic N) is 2. The summed E-state index contributed by atoms with van der Waals surface area (Å²) in [6.07, 6.45) is 2.41. The van der Waals surface area contributed by atoms with Gasteiger partial charge in [0.05, 0.1) is 18.3 Å². The van der Waals surface area contributed by atoms with E-state index in [1.807, 2.05) is 24.4 Å². The lowest BCUT2D eigenvalue weighted by molar-refractivity contribution is -0.118. The van der Waals surface area contributed by atoms with Crippen LogP contribution in [0.2, 0.25) is 0 Å². The van der Waals surface area contributed by atoms with Crippen molar-refractivity contribution in [3.63, 3.8) is 0 Å². The summed E-state index contributed by atoms with van der Waals surface area (Å²) in [6, 6.07) is 14.6. The summed E-state index contributed by atoms with van der Waals surface area (Å²) in [7, 11) is 0. The summed E-state index contributed by atoms with van der Waals surface area (Å²) in [4.78, 5) is 31.3. The third kappa shape index (κ3) is 4.29. The minimum absolute atomic E-state index is 0.222. The topological polar surface area (TPSA) is 73.2 Å². The molecular weight excluding hydrogens is 422 g/mol. The first-order valence-corrected chi connectivity index (χ1v) is 11.5. The number of fused-ring (bicyclic) bond motifs is 1. The summed E-state index contributed by atoms with van der Waals surface area (Å²) >= 11 is 1.43. The molecule has 0 spiro atoms. The number of rotatable bonds is 7. The number of carbonyl (C=O) groups excluding carboxylic acids is 1. The Kier molecular flexibility index (Phi) is 6.37. The molecule has 0 aliphatic rings. The van der Waals surface area contributed by atoms with Crippen LogP contribution in [-0.2, 0) is 11.2 Å². The molecular formula is C25H25N3O3S. The summed E-state index contributed by atoms with van der Waals surface area (Å²) in [6.45, 7) is 6.30. The smallest absolute Gasteiger partial charge is 0.263 e. The van der Waals surface area contributed by atoms with E-state index in [-0.39, 0.29) is 11.5 Å². The fraction of sp³-hybridized carbons (Fsp3) is 0.240. The van der Waals surface area contributed by atoms with Crippen LogP contribution in [0, 0.1) is 0 Å². The molecule has 0 bridgehead atoms. The number of thiophene rings is 1. The Bertz CT molecular complexity index is 1290. The Labute approximate surface area is 190 Å². The number of benzene rings is 2. The van der Waals surface area contributed by atoms with Gasteiger partial charge in [0, 0.05) is 16.6 Å². The highest BCUT2D eigenvalue weighted by atomic mass is 32.1. The zero-order chi connectivity index (χ0) is 22.7. The second kappa shape index (κ2) is 9.36. The molecule has 2 aromatic carbocycles. The molecule has 1 N–H and O–H groups in total. The Morgan fingerprint density at radius 1 is 1.12 bits per heavy atom. The van der Waals surface area contributed by atoms with Crippen molar-refractivity contribution in [3.05, 3.63) is 76.2 Å². The molecule has 1 amide bonds. The zero-order valence-corrected chi connectivity index (χ0v) is 19.1. The second-order valence-electron chi connectivity index (χ2n) is 7.46.